The molecule has 3 amide bonds. The van der Waals surface area contributed by atoms with E-state index in [1.165, 1.54) is 17.0 Å². The molecule has 1 saturated heterocycles. The fourth-order valence-electron chi connectivity index (χ4n) is 5.92. The van der Waals surface area contributed by atoms with Gasteiger partial charge in [0.1, 0.15) is 29.6 Å². The summed E-state index contributed by atoms with van der Waals surface area (Å²) >= 11 is 0. The highest BCUT2D eigenvalue weighted by Crippen LogP contribution is 2.32. The van der Waals surface area contributed by atoms with E-state index in [0.717, 1.165) is 31.2 Å². The van der Waals surface area contributed by atoms with Gasteiger partial charge in [0.15, 0.2) is 0 Å². The molecule has 4 aromatic carbocycles. The molecule has 248 valence electrons. The number of nitrogens with one attached hydrogen (secondary N) is 2. The highest BCUT2D eigenvalue weighted by atomic mass is 16.6. The maximum Gasteiger partial charge on any atom is 0.269 e. The predicted molar refractivity (Wildman–Crippen MR) is 182 cm³/mol. The second-order valence-corrected chi connectivity index (χ2v) is 11.9. The number of amides is 3. The molecule has 1 heterocycles. The van der Waals surface area contributed by atoms with Gasteiger partial charge < -0.3 is 20.3 Å². The first kappa shape index (κ1) is 33.8. The van der Waals surface area contributed by atoms with Gasteiger partial charge in [-0.2, -0.15) is 0 Å². The quantitative estimate of drug-likeness (QED) is 0.0883. The van der Waals surface area contributed by atoms with Gasteiger partial charge in [-0.05, 0) is 47.4 Å². The summed E-state index contributed by atoms with van der Waals surface area (Å²) in [7, 11) is 0. The highest BCUT2D eigenvalue weighted by Gasteiger charge is 2.46. The lowest BCUT2D eigenvalue weighted by atomic mass is 9.92. The number of rotatable bonds is 15. The number of piperazine rings is 1. The second-order valence-electron chi connectivity index (χ2n) is 11.9. The maximum absolute atomic E-state index is 14.6. The molecule has 10 heteroatoms. The Hall–Kier alpha value is -5.51. The Balaban J connectivity index is 1.53. The molecule has 2 N–H and O–H groups in total. The average Bonchev–Trinajstić information content (AvgIpc) is 3.09. The van der Waals surface area contributed by atoms with E-state index in [0.29, 0.717) is 29.2 Å². The van der Waals surface area contributed by atoms with E-state index >= 15 is 0 Å². The van der Waals surface area contributed by atoms with Gasteiger partial charge in [-0.3, -0.25) is 24.5 Å². The zero-order chi connectivity index (χ0) is 33.9. The smallest absolute Gasteiger partial charge is 0.269 e. The van der Waals surface area contributed by atoms with Gasteiger partial charge in [0.25, 0.3) is 5.69 Å². The lowest BCUT2D eigenvalue weighted by Crippen LogP contribution is -2.66. The molecule has 3 atom stereocenters. The lowest BCUT2D eigenvalue weighted by molar-refractivity contribution is -0.384. The molecular weight excluding hydrogens is 608 g/mol. The van der Waals surface area contributed by atoms with Crippen molar-refractivity contribution >= 4 is 23.4 Å². The van der Waals surface area contributed by atoms with Gasteiger partial charge in [-0.1, -0.05) is 99.0 Å². The first-order valence-corrected chi connectivity index (χ1v) is 16.3. The number of nitrogens with zero attached hydrogens (tertiary/aromatic N) is 2. The van der Waals surface area contributed by atoms with E-state index < -0.39 is 34.9 Å². The van der Waals surface area contributed by atoms with Gasteiger partial charge in [0, 0.05) is 31.5 Å². The molecule has 0 saturated carbocycles. The summed E-state index contributed by atoms with van der Waals surface area (Å²) in [5.74, 6) is -0.101. The number of ether oxygens (including phenoxy) is 1. The largest absolute Gasteiger partial charge is 0.457 e. The monoisotopic (exact) mass is 648 g/mol. The molecule has 1 aliphatic rings. The summed E-state index contributed by atoms with van der Waals surface area (Å²) in [6.07, 6.45) is 4.14. The Morgan fingerprint density at radius 2 is 1.52 bits per heavy atom. The topological polar surface area (TPSA) is 131 Å². The van der Waals surface area contributed by atoms with E-state index in [1.54, 1.807) is 36.4 Å². The van der Waals surface area contributed by atoms with Crippen molar-refractivity contribution in [2.75, 3.05) is 6.54 Å². The number of benzene rings is 4. The third-order valence-corrected chi connectivity index (χ3v) is 8.38. The van der Waals surface area contributed by atoms with Gasteiger partial charge >= 0.3 is 0 Å². The van der Waals surface area contributed by atoms with Crippen LogP contribution in [0.3, 0.4) is 0 Å². The minimum Gasteiger partial charge on any atom is -0.457 e. The number of hydrogen-bond acceptors (Lipinski definition) is 6. The number of unbranched alkanes of at least 4 members (excludes halogenated alkanes) is 3. The lowest BCUT2D eigenvalue weighted by Gasteiger charge is -2.43. The Labute approximate surface area is 280 Å². The van der Waals surface area contributed by atoms with E-state index in [4.69, 9.17) is 4.74 Å². The van der Waals surface area contributed by atoms with Crippen LogP contribution in [0.1, 0.15) is 55.3 Å². The van der Waals surface area contributed by atoms with Crippen LogP contribution >= 0.6 is 0 Å². The normalized spacial score (nSPS) is 16.6. The third kappa shape index (κ3) is 8.64. The Morgan fingerprint density at radius 1 is 0.854 bits per heavy atom. The van der Waals surface area contributed by atoms with Gasteiger partial charge in [-0.25, -0.2) is 0 Å². The first-order chi connectivity index (χ1) is 23.3. The number of nitro benzene ring substituents is 1. The molecule has 1 fully saturated rings. The maximum atomic E-state index is 14.6. The van der Waals surface area contributed by atoms with Crippen LogP contribution in [-0.2, 0) is 27.2 Å². The van der Waals surface area contributed by atoms with Crippen molar-refractivity contribution < 1.29 is 24.0 Å². The third-order valence-electron chi connectivity index (χ3n) is 8.38. The van der Waals surface area contributed by atoms with Crippen LogP contribution in [0.4, 0.5) is 5.69 Å². The fourth-order valence-corrected chi connectivity index (χ4v) is 5.92. The average molecular weight is 649 g/mol. The number of nitro groups is 1. The van der Waals surface area contributed by atoms with Crippen molar-refractivity contribution in [2.45, 2.75) is 63.6 Å². The zero-order valence-electron chi connectivity index (χ0n) is 26.9. The summed E-state index contributed by atoms with van der Waals surface area (Å²) in [6.45, 7) is 2.55. The van der Waals surface area contributed by atoms with Crippen molar-refractivity contribution in [1.29, 1.82) is 0 Å². The molecule has 0 spiro atoms. The number of para-hydroxylation sites is 1. The van der Waals surface area contributed by atoms with Crippen LogP contribution in [0.5, 0.6) is 11.5 Å². The van der Waals surface area contributed by atoms with E-state index in [9.17, 15) is 24.5 Å². The van der Waals surface area contributed by atoms with Crippen LogP contribution in [0.15, 0.2) is 109 Å². The molecule has 0 aromatic heterocycles. The van der Waals surface area contributed by atoms with Crippen molar-refractivity contribution in [3.63, 3.8) is 0 Å². The standard InChI is InChI=1S/C38H40N4O6/c1-2-3-4-11-23-39-37(44)35(29-15-12-18-32(26-29)48-31-16-9-6-10-17-31)41-34(25-27-13-7-5-8-14-27)36(43)40-33(38(41)45)24-28-19-21-30(22-20-28)42(46)47/h5-10,12-22,26,33-35H,2-4,11,23-25H2,1H3,(H,39,44)(H,40,43)/t33-,34-,35?/m0/s1. The first-order valence-electron chi connectivity index (χ1n) is 16.3. The molecule has 4 aromatic rings. The number of non-ortho nitro benzene ring substituents is 1. The molecule has 1 unspecified atom stereocenters. The Kier molecular flexibility index (Phi) is 11.5. The van der Waals surface area contributed by atoms with Crippen molar-refractivity contribution in [3.8, 4) is 11.5 Å². The molecular formula is C38H40N4O6. The van der Waals surface area contributed by atoms with Crippen molar-refractivity contribution in [2.24, 2.45) is 0 Å². The summed E-state index contributed by atoms with van der Waals surface area (Å²) in [6, 6.07) is 28.4. The SMILES string of the molecule is CCCCCCNC(=O)C(c1cccc(Oc2ccccc2)c1)N1C(=O)[C@H](Cc2ccc([N+](=O)[O-])cc2)NC(=O)[C@@H]1Cc1ccccc1. The summed E-state index contributed by atoms with van der Waals surface area (Å²) < 4.78 is 6.10. The highest BCUT2D eigenvalue weighted by molar-refractivity contribution is 6.00. The second kappa shape index (κ2) is 16.4. The van der Waals surface area contributed by atoms with E-state index in [-0.39, 0.29) is 24.4 Å². The van der Waals surface area contributed by atoms with Crippen LogP contribution in [-0.4, -0.2) is 46.2 Å². The Bertz CT molecular complexity index is 1700. The van der Waals surface area contributed by atoms with Gasteiger partial charge in [0.05, 0.1) is 4.92 Å². The molecule has 0 aliphatic carbocycles. The number of carbonyl (C=O) groups excluding carboxylic acids is 3. The number of hydrogen-bond donors (Lipinski definition) is 2. The van der Waals surface area contributed by atoms with E-state index in [1.807, 2.05) is 60.7 Å². The zero-order valence-corrected chi connectivity index (χ0v) is 26.9. The predicted octanol–water partition coefficient (Wildman–Crippen LogP) is 6.31. The van der Waals surface area contributed by atoms with Crippen LogP contribution in [0, 0.1) is 10.1 Å². The van der Waals surface area contributed by atoms with Crippen molar-refractivity contribution in [1.82, 2.24) is 15.5 Å². The van der Waals surface area contributed by atoms with Crippen LogP contribution in [0.2, 0.25) is 0 Å². The summed E-state index contributed by atoms with van der Waals surface area (Å²) in [5, 5.41) is 17.1. The van der Waals surface area contributed by atoms with Crippen LogP contribution < -0.4 is 15.4 Å². The molecule has 1 aliphatic heterocycles. The molecule has 10 nitrogen and oxygen atoms in total. The molecule has 48 heavy (non-hydrogen) atoms. The van der Waals surface area contributed by atoms with Gasteiger partial charge in [-0.15, -0.1) is 0 Å². The molecule has 0 radical (unpaired) electrons. The molecule has 0 bridgehead atoms. The molecule has 5 rings (SSSR count). The minimum absolute atomic E-state index is 0.0735. The Morgan fingerprint density at radius 3 is 2.21 bits per heavy atom. The van der Waals surface area contributed by atoms with E-state index in [2.05, 4.69) is 17.6 Å². The minimum atomic E-state index is -1.14. The summed E-state index contributed by atoms with van der Waals surface area (Å²) in [5.41, 5.74) is 1.90. The van der Waals surface area contributed by atoms with Crippen LogP contribution in [0.25, 0.3) is 0 Å². The fraction of sp³-hybridized carbons (Fsp3) is 0.289. The summed E-state index contributed by atoms with van der Waals surface area (Å²) in [4.78, 5) is 54.8. The number of carbonyl (C=O) groups is 3. The van der Waals surface area contributed by atoms with Gasteiger partial charge in [0.2, 0.25) is 17.7 Å². The van der Waals surface area contributed by atoms with Crippen molar-refractivity contribution in [3.05, 3.63) is 136 Å².